The molecule has 3 aliphatic rings. The van der Waals surface area contributed by atoms with Crippen LogP contribution in [0.25, 0.3) is 0 Å². The number of hydrogen-bond donors (Lipinski definition) is 1. The van der Waals surface area contributed by atoms with E-state index in [1.807, 2.05) is 6.07 Å². The Bertz CT molecular complexity index is 510. The van der Waals surface area contributed by atoms with Gasteiger partial charge in [0.25, 0.3) is 0 Å². The van der Waals surface area contributed by atoms with Crippen LogP contribution in [-0.4, -0.2) is 43.8 Å². The number of methoxy groups -OCH3 is 2. The van der Waals surface area contributed by atoms with Crippen LogP contribution in [-0.2, 0) is 6.54 Å². The molecular formula is C17H24N2O2. The molecule has 114 valence electrons. The van der Waals surface area contributed by atoms with Crippen molar-refractivity contribution in [1.29, 1.82) is 0 Å². The Kier molecular flexibility index (Phi) is 4.17. The molecule has 1 aromatic carbocycles. The molecule has 4 nitrogen and oxygen atoms in total. The fourth-order valence-corrected chi connectivity index (χ4v) is 3.64. The standard InChI is InChI=1S/C17H24N2O2/c1-4-15-14-7-6-13(10-18-14)19(15)11-12-5-8-16(20-2)17(9-12)21-3/h4-5,8-9,13-15,18H,1,6-7,10-11H2,2-3H3. The summed E-state index contributed by atoms with van der Waals surface area (Å²) in [4.78, 5) is 2.57. The monoisotopic (exact) mass is 288 g/mol. The van der Waals surface area contributed by atoms with E-state index in [4.69, 9.17) is 9.47 Å². The first kappa shape index (κ1) is 14.4. The van der Waals surface area contributed by atoms with E-state index in [1.165, 1.54) is 18.4 Å². The number of hydrogen-bond acceptors (Lipinski definition) is 4. The lowest BCUT2D eigenvalue weighted by atomic mass is 9.86. The molecule has 0 radical (unpaired) electrons. The number of piperidine rings is 2. The molecule has 21 heavy (non-hydrogen) atoms. The van der Waals surface area contributed by atoms with Gasteiger partial charge in [0.05, 0.1) is 14.2 Å². The van der Waals surface area contributed by atoms with E-state index in [0.29, 0.717) is 18.1 Å². The highest BCUT2D eigenvalue weighted by Gasteiger charge is 2.39. The topological polar surface area (TPSA) is 33.7 Å². The van der Waals surface area contributed by atoms with Crippen molar-refractivity contribution < 1.29 is 9.47 Å². The van der Waals surface area contributed by atoms with Crippen molar-refractivity contribution in [2.75, 3.05) is 20.8 Å². The fourth-order valence-electron chi connectivity index (χ4n) is 3.64. The van der Waals surface area contributed by atoms with Gasteiger partial charge in [-0.2, -0.15) is 0 Å². The van der Waals surface area contributed by atoms with Crippen LogP contribution in [0.4, 0.5) is 0 Å². The summed E-state index contributed by atoms with van der Waals surface area (Å²) in [6.07, 6.45) is 4.61. The van der Waals surface area contributed by atoms with Crippen LogP contribution in [0, 0.1) is 0 Å². The van der Waals surface area contributed by atoms with Gasteiger partial charge in [-0.1, -0.05) is 12.1 Å². The van der Waals surface area contributed by atoms with Gasteiger partial charge in [0.1, 0.15) is 0 Å². The van der Waals surface area contributed by atoms with E-state index < -0.39 is 0 Å². The van der Waals surface area contributed by atoms with E-state index in [0.717, 1.165) is 24.6 Å². The summed E-state index contributed by atoms with van der Waals surface area (Å²) in [5, 5.41) is 3.62. The Hall–Kier alpha value is -1.52. The Balaban J connectivity index is 1.80. The van der Waals surface area contributed by atoms with Crippen LogP contribution in [0.5, 0.6) is 11.5 Å². The van der Waals surface area contributed by atoms with Crippen LogP contribution >= 0.6 is 0 Å². The van der Waals surface area contributed by atoms with Crippen molar-refractivity contribution in [3.8, 4) is 11.5 Å². The van der Waals surface area contributed by atoms with Crippen LogP contribution < -0.4 is 14.8 Å². The Labute approximate surface area is 126 Å². The molecule has 3 heterocycles. The van der Waals surface area contributed by atoms with Gasteiger partial charge in [0, 0.05) is 31.2 Å². The molecule has 3 atom stereocenters. The van der Waals surface area contributed by atoms with E-state index >= 15 is 0 Å². The lowest BCUT2D eigenvalue weighted by molar-refractivity contribution is 0.0310. The maximum atomic E-state index is 5.41. The summed E-state index contributed by atoms with van der Waals surface area (Å²) in [5.41, 5.74) is 1.26. The average molecular weight is 288 g/mol. The molecule has 4 heteroatoms. The van der Waals surface area contributed by atoms with Gasteiger partial charge < -0.3 is 14.8 Å². The Morgan fingerprint density at radius 2 is 2.10 bits per heavy atom. The third-order valence-electron chi connectivity index (χ3n) is 4.75. The first-order valence-electron chi connectivity index (χ1n) is 7.59. The maximum absolute atomic E-state index is 5.41. The number of ether oxygens (including phenoxy) is 2. The molecule has 0 aliphatic carbocycles. The largest absolute Gasteiger partial charge is 0.493 e. The number of piperazine rings is 1. The van der Waals surface area contributed by atoms with Crippen molar-refractivity contribution in [3.63, 3.8) is 0 Å². The van der Waals surface area contributed by atoms with Crippen molar-refractivity contribution in [2.24, 2.45) is 0 Å². The second-order valence-electron chi connectivity index (χ2n) is 5.83. The second-order valence-corrected chi connectivity index (χ2v) is 5.83. The van der Waals surface area contributed by atoms with E-state index in [-0.39, 0.29) is 0 Å². The van der Waals surface area contributed by atoms with Crippen molar-refractivity contribution in [2.45, 2.75) is 37.5 Å². The lowest BCUT2D eigenvalue weighted by Crippen LogP contribution is -2.65. The average Bonchev–Trinajstić information content (AvgIpc) is 2.55. The first-order valence-corrected chi connectivity index (χ1v) is 7.59. The van der Waals surface area contributed by atoms with E-state index in [2.05, 4.69) is 35.0 Å². The fraction of sp³-hybridized carbons (Fsp3) is 0.529. The Morgan fingerprint density at radius 3 is 2.71 bits per heavy atom. The number of nitrogens with zero attached hydrogens (tertiary/aromatic N) is 1. The minimum Gasteiger partial charge on any atom is -0.493 e. The van der Waals surface area contributed by atoms with Gasteiger partial charge in [-0.15, -0.1) is 6.58 Å². The zero-order valence-corrected chi connectivity index (χ0v) is 12.8. The molecule has 1 aromatic rings. The van der Waals surface area contributed by atoms with Gasteiger partial charge in [-0.05, 0) is 30.5 Å². The molecule has 3 saturated heterocycles. The number of fused-ring (bicyclic) bond motifs is 3. The quantitative estimate of drug-likeness (QED) is 0.842. The zero-order chi connectivity index (χ0) is 14.8. The molecule has 0 saturated carbocycles. The van der Waals surface area contributed by atoms with Crippen molar-refractivity contribution >= 4 is 0 Å². The summed E-state index contributed by atoms with van der Waals surface area (Å²) in [7, 11) is 3.35. The minimum atomic E-state index is 0.422. The van der Waals surface area contributed by atoms with Crippen LogP contribution in [0.3, 0.4) is 0 Å². The molecule has 3 aliphatic heterocycles. The van der Waals surface area contributed by atoms with Gasteiger partial charge in [-0.3, -0.25) is 4.90 Å². The highest BCUT2D eigenvalue weighted by atomic mass is 16.5. The molecule has 0 spiro atoms. The molecular weight excluding hydrogens is 264 g/mol. The summed E-state index contributed by atoms with van der Waals surface area (Å²) in [6, 6.07) is 7.76. The van der Waals surface area contributed by atoms with Gasteiger partial charge in [-0.25, -0.2) is 0 Å². The smallest absolute Gasteiger partial charge is 0.161 e. The molecule has 2 bridgehead atoms. The van der Waals surface area contributed by atoms with Gasteiger partial charge in [0.15, 0.2) is 11.5 Å². The van der Waals surface area contributed by atoms with Crippen LogP contribution in [0.2, 0.25) is 0 Å². The maximum Gasteiger partial charge on any atom is 0.161 e. The molecule has 0 aromatic heterocycles. The number of benzene rings is 1. The first-order chi connectivity index (χ1) is 10.3. The number of rotatable bonds is 5. The highest BCUT2D eigenvalue weighted by molar-refractivity contribution is 5.43. The third kappa shape index (κ3) is 2.65. The highest BCUT2D eigenvalue weighted by Crippen LogP contribution is 2.32. The molecule has 1 N–H and O–H groups in total. The van der Waals surface area contributed by atoms with E-state index in [1.54, 1.807) is 14.2 Å². The zero-order valence-electron chi connectivity index (χ0n) is 12.8. The predicted molar refractivity (Wildman–Crippen MR) is 83.9 cm³/mol. The molecule has 3 fully saturated rings. The summed E-state index contributed by atoms with van der Waals surface area (Å²) in [5.74, 6) is 1.58. The Morgan fingerprint density at radius 1 is 1.29 bits per heavy atom. The molecule has 0 amide bonds. The van der Waals surface area contributed by atoms with Crippen molar-refractivity contribution in [1.82, 2.24) is 10.2 Å². The molecule has 3 unspecified atom stereocenters. The SMILES string of the molecule is C=CC1C2CCC(CN2)N1Cc1ccc(OC)c(OC)c1. The van der Waals surface area contributed by atoms with Crippen LogP contribution in [0.15, 0.2) is 30.9 Å². The number of nitrogens with one attached hydrogen (secondary N) is 1. The summed E-state index contributed by atoms with van der Waals surface area (Å²) < 4.78 is 10.7. The van der Waals surface area contributed by atoms with Gasteiger partial charge >= 0.3 is 0 Å². The third-order valence-corrected chi connectivity index (χ3v) is 4.75. The minimum absolute atomic E-state index is 0.422. The second kappa shape index (κ2) is 6.08. The summed E-state index contributed by atoms with van der Waals surface area (Å²) >= 11 is 0. The predicted octanol–water partition coefficient (Wildman–Crippen LogP) is 2.19. The van der Waals surface area contributed by atoms with Gasteiger partial charge in [0.2, 0.25) is 0 Å². The lowest BCUT2D eigenvalue weighted by Gasteiger charge is -2.51. The van der Waals surface area contributed by atoms with Crippen LogP contribution in [0.1, 0.15) is 18.4 Å². The van der Waals surface area contributed by atoms with E-state index in [9.17, 15) is 0 Å². The normalized spacial score (nSPS) is 28.4. The van der Waals surface area contributed by atoms with Crippen molar-refractivity contribution in [3.05, 3.63) is 36.4 Å². The molecule has 4 rings (SSSR count). The summed E-state index contributed by atoms with van der Waals surface area (Å²) in [6.45, 7) is 6.05.